The van der Waals surface area contributed by atoms with Crippen LogP contribution in [-0.2, 0) is 21.9 Å². The second-order valence-electron chi connectivity index (χ2n) is 12.2. The molecule has 48 heavy (non-hydrogen) atoms. The first-order valence-electron chi connectivity index (χ1n) is 15.5. The minimum atomic E-state index is -3.80. The lowest BCUT2D eigenvalue weighted by Gasteiger charge is -2.15. The van der Waals surface area contributed by atoms with Crippen molar-refractivity contribution >= 4 is 44.0 Å². The lowest BCUT2D eigenvalue weighted by Crippen LogP contribution is -2.21. The Labute approximate surface area is 279 Å². The van der Waals surface area contributed by atoms with E-state index in [0.717, 1.165) is 34.2 Å². The van der Waals surface area contributed by atoms with Gasteiger partial charge in [0.05, 0.1) is 28.6 Å². The van der Waals surface area contributed by atoms with Gasteiger partial charge in [0.1, 0.15) is 11.6 Å². The highest BCUT2D eigenvalue weighted by molar-refractivity contribution is 7.92. The number of sulfonamides is 1. The second kappa shape index (κ2) is 13.6. The van der Waals surface area contributed by atoms with Crippen molar-refractivity contribution < 1.29 is 17.9 Å². The standard InChI is InChI=1S/C37H36N6O4S/c1-37(2,3)34-24-35(43(41-34)28-15-17-29(18-16-28)48(45,46)42-27-11-5-4-6-12-27)40-36(44)39-32-19-20-33(31-14-8-7-13-30(31)32)47-23-21-26-10-9-22-38-25-26/h4-20,22,24-25,42H,21,23H2,1-3H3,(H2,39,40,44). The molecule has 0 fully saturated rings. The molecule has 0 aliphatic carbocycles. The smallest absolute Gasteiger partial charge is 0.324 e. The van der Waals surface area contributed by atoms with Crippen LogP contribution in [-0.4, -0.2) is 35.8 Å². The van der Waals surface area contributed by atoms with E-state index in [2.05, 4.69) is 20.3 Å². The third-order valence-corrected chi connectivity index (χ3v) is 9.04. The van der Waals surface area contributed by atoms with Gasteiger partial charge in [-0.05, 0) is 60.2 Å². The van der Waals surface area contributed by atoms with E-state index in [9.17, 15) is 13.2 Å². The molecule has 0 spiro atoms. The number of carbonyl (C=O) groups is 1. The Morgan fingerprint density at radius 1 is 0.833 bits per heavy atom. The summed E-state index contributed by atoms with van der Waals surface area (Å²) >= 11 is 0. The van der Waals surface area contributed by atoms with Gasteiger partial charge < -0.3 is 10.1 Å². The quantitative estimate of drug-likeness (QED) is 0.138. The van der Waals surface area contributed by atoms with Crippen molar-refractivity contribution in [1.82, 2.24) is 14.8 Å². The van der Waals surface area contributed by atoms with Gasteiger partial charge in [-0.2, -0.15) is 5.10 Å². The number of hydrogen-bond donors (Lipinski definition) is 3. The van der Waals surface area contributed by atoms with Crippen LogP contribution in [0.3, 0.4) is 0 Å². The first kappa shape index (κ1) is 32.3. The lowest BCUT2D eigenvalue weighted by molar-refractivity contribution is 0.262. The van der Waals surface area contributed by atoms with Gasteiger partial charge in [-0.1, -0.05) is 69.3 Å². The van der Waals surface area contributed by atoms with Crippen LogP contribution in [0, 0.1) is 0 Å². The summed E-state index contributed by atoms with van der Waals surface area (Å²) in [6.45, 7) is 6.57. The monoisotopic (exact) mass is 660 g/mol. The summed E-state index contributed by atoms with van der Waals surface area (Å²) in [5, 5.41) is 12.4. The van der Waals surface area contributed by atoms with E-state index >= 15 is 0 Å². The van der Waals surface area contributed by atoms with Gasteiger partial charge in [0.2, 0.25) is 0 Å². The molecule has 0 bridgehead atoms. The maximum Gasteiger partial charge on any atom is 0.324 e. The Balaban J connectivity index is 1.21. The molecule has 4 aromatic carbocycles. The highest BCUT2D eigenvalue weighted by Gasteiger charge is 2.23. The number of urea groups is 1. The molecule has 0 radical (unpaired) electrons. The maximum atomic E-state index is 13.5. The number of rotatable bonds is 10. The molecule has 6 aromatic rings. The Hall–Kier alpha value is -5.68. The van der Waals surface area contributed by atoms with Crippen LogP contribution in [0.1, 0.15) is 32.0 Å². The Morgan fingerprint density at radius 3 is 2.27 bits per heavy atom. The number of fused-ring (bicyclic) bond motifs is 1. The third-order valence-electron chi connectivity index (χ3n) is 7.64. The number of nitrogens with one attached hydrogen (secondary N) is 3. The summed E-state index contributed by atoms with van der Waals surface area (Å²) in [7, 11) is -3.80. The van der Waals surface area contributed by atoms with Gasteiger partial charge in [-0.25, -0.2) is 17.9 Å². The zero-order valence-corrected chi connectivity index (χ0v) is 27.7. The van der Waals surface area contributed by atoms with Crippen LogP contribution in [0.25, 0.3) is 16.5 Å². The molecule has 2 aromatic heterocycles. The lowest BCUT2D eigenvalue weighted by atomic mass is 9.92. The fraction of sp³-hybridized carbons (Fsp3) is 0.162. The number of para-hydroxylation sites is 1. The molecule has 0 unspecified atom stereocenters. The summed E-state index contributed by atoms with van der Waals surface area (Å²) < 4.78 is 36.3. The molecule has 0 saturated carbocycles. The summed E-state index contributed by atoms with van der Waals surface area (Å²) in [4.78, 5) is 17.7. The van der Waals surface area contributed by atoms with Crippen molar-refractivity contribution in [2.75, 3.05) is 22.0 Å². The highest BCUT2D eigenvalue weighted by Crippen LogP contribution is 2.32. The van der Waals surface area contributed by atoms with Crippen LogP contribution < -0.4 is 20.1 Å². The van der Waals surface area contributed by atoms with Crippen LogP contribution in [0.4, 0.5) is 22.0 Å². The molecule has 2 heterocycles. The number of nitrogens with zero attached hydrogens (tertiary/aromatic N) is 3. The molecule has 244 valence electrons. The number of amides is 2. The van der Waals surface area contributed by atoms with Crippen molar-refractivity contribution in [2.45, 2.75) is 37.5 Å². The van der Waals surface area contributed by atoms with Gasteiger partial charge in [0.25, 0.3) is 10.0 Å². The van der Waals surface area contributed by atoms with Gasteiger partial charge in [-0.3, -0.25) is 15.0 Å². The first-order valence-corrected chi connectivity index (χ1v) is 17.0. The topological polar surface area (TPSA) is 127 Å². The molecule has 3 N–H and O–H groups in total. The minimum absolute atomic E-state index is 0.0990. The largest absolute Gasteiger partial charge is 0.493 e. The van der Waals surface area contributed by atoms with E-state index in [-0.39, 0.29) is 10.3 Å². The molecular formula is C37H36N6O4S. The summed E-state index contributed by atoms with van der Waals surface area (Å²) in [6.07, 6.45) is 4.29. The number of anilines is 3. The van der Waals surface area contributed by atoms with Crippen LogP contribution in [0.5, 0.6) is 5.75 Å². The number of carbonyl (C=O) groups excluding carboxylic acids is 1. The Bertz CT molecular complexity index is 2140. The third kappa shape index (κ3) is 7.48. The molecular weight excluding hydrogens is 625 g/mol. The van der Waals surface area contributed by atoms with Gasteiger partial charge in [0.15, 0.2) is 0 Å². The second-order valence-corrected chi connectivity index (χ2v) is 13.9. The fourth-order valence-corrected chi connectivity index (χ4v) is 6.18. The van der Waals surface area contributed by atoms with Gasteiger partial charge in [-0.15, -0.1) is 0 Å². The molecule has 11 heteroatoms. The predicted molar refractivity (Wildman–Crippen MR) is 190 cm³/mol. The number of aromatic nitrogens is 3. The molecule has 2 amide bonds. The summed E-state index contributed by atoms with van der Waals surface area (Å²) in [5.41, 5.74) is 3.19. The average molecular weight is 661 g/mol. The normalized spacial score (nSPS) is 11.6. The van der Waals surface area contributed by atoms with Crippen molar-refractivity contribution in [3.05, 3.63) is 133 Å². The van der Waals surface area contributed by atoms with Crippen molar-refractivity contribution in [3.8, 4) is 11.4 Å². The van der Waals surface area contributed by atoms with E-state index in [1.807, 2.05) is 87.6 Å². The Morgan fingerprint density at radius 2 is 1.56 bits per heavy atom. The van der Waals surface area contributed by atoms with Crippen molar-refractivity contribution in [3.63, 3.8) is 0 Å². The van der Waals surface area contributed by atoms with E-state index in [1.165, 1.54) is 12.1 Å². The first-order chi connectivity index (χ1) is 23.1. The van der Waals surface area contributed by atoms with Crippen LogP contribution in [0.15, 0.2) is 126 Å². The molecule has 10 nitrogen and oxygen atoms in total. The van der Waals surface area contributed by atoms with E-state index in [0.29, 0.717) is 29.5 Å². The van der Waals surface area contributed by atoms with E-state index in [1.54, 1.807) is 47.3 Å². The maximum absolute atomic E-state index is 13.5. The Kier molecular flexibility index (Phi) is 9.13. The van der Waals surface area contributed by atoms with Gasteiger partial charge >= 0.3 is 6.03 Å². The van der Waals surface area contributed by atoms with E-state index < -0.39 is 16.1 Å². The molecule has 6 rings (SSSR count). The van der Waals surface area contributed by atoms with Crippen molar-refractivity contribution in [1.29, 1.82) is 0 Å². The number of ether oxygens (including phenoxy) is 1. The molecule has 0 atom stereocenters. The van der Waals surface area contributed by atoms with Crippen LogP contribution in [0.2, 0.25) is 0 Å². The zero-order valence-electron chi connectivity index (χ0n) is 26.8. The predicted octanol–water partition coefficient (Wildman–Crippen LogP) is 7.78. The summed E-state index contributed by atoms with van der Waals surface area (Å²) in [5.74, 6) is 1.15. The van der Waals surface area contributed by atoms with Crippen molar-refractivity contribution in [2.24, 2.45) is 0 Å². The minimum Gasteiger partial charge on any atom is -0.493 e. The average Bonchev–Trinajstić information content (AvgIpc) is 3.51. The van der Waals surface area contributed by atoms with Gasteiger partial charge in [0, 0.05) is 46.8 Å². The summed E-state index contributed by atoms with van der Waals surface area (Å²) in [6, 6.07) is 31.7. The number of pyridine rings is 1. The fourth-order valence-electron chi connectivity index (χ4n) is 5.12. The molecule has 0 aliphatic heterocycles. The SMILES string of the molecule is CC(C)(C)c1cc(NC(=O)Nc2ccc(OCCc3cccnc3)c3ccccc23)n(-c2ccc(S(=O)(=O)Nc3ccccc3)cc2)n1. The zero-order chi connectivity index (χ0) is 33.7. The molecule has 0 aliphatic rings. The van der Waals surface area contributed by atoms with E-state index in [4.69, 9.17) is 9.84 Å². The molecule has 0 saturated heterocycles. The van der Waals surface area contributed by atoms with Crippen LogP contribution >= 0.6 is 0 Å². The number of benzene rings is 4. The number of hydrogen-bond acceptors (Lipinski definition) is 6. The highest BCUT2D eigenvalue weighted by atomic mass is 32.2.